The maximum absolute atomic E-state index is 12.2. The smallest absolute Gasteiger partial charge is 0.319 e. The van der Waals surface area contributed by atoms with E-state index in [4.69, 9.17) is 9.47 Å². The number of urea groups is 1. The molecule has 1 atom stereocenters. The molecule has 0 saturated heterocycles. The Kier molecular flexibility index (Phi) is 6.45. The van der Waals surface area contributed by atoms with E-state index < -0.39 is 0 Å². The highest BCUT2D eigenvalue weighted by Crippen LogP contribution is 2.29. The van der Waals surface area contributed by atoms with Gasteiger partial charge in [0.25, 0.3) is 0 Å². The van der Waals surface area contributed by atoms with Crippen molar-refractivity contribution in [3.63, 3.8) is 0 Å². The third-order valence-electron chi connectivity index (χ3n) is 3.61. The summed E-state index contributed by atoms with van der Waals surface area (Å²) in [4.78, 5) is 15.5. The Morgan fingerprint density at radius 2 is 2.04 bits per heavy atom. The summed E-state index contributed by atoms with van der Waals surface area (Å²) in [6.45, 7) is 0.506. The van der Waals surface area contributed by atoms with Gasteiger partial charge in [0.2, 0.25) is 0 Å². The molecule has 0 aliphatic carbocycles. The zero-order chi connectivity index (χ0) is 17.5. The van der Waals surface area contributed by atoms with E-state index >= 15 is 0 Å². The number of methoxy groups -OCH3 is 2. The van der Waals surface area contributed by atoms with Crippen LogP contribution >= 0.6 is 11.3 Å². The molecule has 1 heterocycles. The van der Waals surface area contributed by atoms with Gasteiger partial charge in [-0.05, 0) is 37.7 Å². The standard InChI is InChI=1S/C17H23N3O3S/c1-20(2)14(16-6-5-9-24-16)11-18-17(21)19-13-10-12(22-3)7-8-15(13)23-4/h5-10,14H,11H2,1-4H3,(H2,18,19,21). The number of carbonyl (C=O) groups excluding carboxylic acids is 1. The molecule has 0 radical (unpaired) electrons. The number of carbonyl (C=O) groups is 1. The van der Waals surface area contributed by atoms with Crippen molar-refractivity contribution in [1.82, 2.24) is 10.2 Å². The number of anilines is 1. The second-order valence-electron chi connectivity index (χ2n) is 5.40. The largest absolute Gasteiger partial charge is 0.497 e. The van der Waals surface area contributed by atoms with Crippen LogP contribution in [0.3, 0.4) is 0 Å². The molecular formula is C17H23N3O3S. The molecule has 24 heavy (non-hydrogen) atoms. The van der Waals surface area contributed by atoms with Gasteiger partial charge < -0.3 is 25.0 Å². The summed E-state index contributed by atoms with van der Waals surface area (Å²) in [5.41, 5.74) is 0.562. The van der Waals surface area contributed by atoms with Gasteiger partial charge in [-0.3, -0.25) is 0 Å². The number of amides is 2. The summed E-state index contributed by atoms with van der Waals surface area (Å²) in [7, 11) is 7.13. The molecular weight excluding hydrogens is 326 g/mol. The van der Waals surface area contributed by atoms with Crippen LogP contribution in [0, 0.1) is 0 Å². The molecule has 1 aromatic heterocycles. The number of nitrogens with one attached hydrogen (secondary N) is 2. The Bertz CT molecular complexity index is 659. The van der Waals surface area contributed by atoms with Crippen molar-refractivity contribution in [2.45, 2.75) is 6.04 Å². The SMILES string of the molecule is COc1ccc(OC)c(NC(=O)NCC(c2cccs2)N(C)C)c1. The van der Waals surface area contributed by atoms with Crippen molar-refractivity contribution < 1.29 is 14.3 Å². The average Bonchev–Trinajstić information content (AvgIpc) is 3.08. The van der Waals surface area contributed by atoms with Crippen LogP contribution in [0.15, 0.2) is 35.7 Å². The Balaban J connectivity index is 2.00. The highest BCUT2D eigenvalue weighted by Gasteiger charge is 2.17. The molecule has 1 unspecified atom stereocenters. The number of benzene rings is 1. The molecule has 0 aliphatic rings. The lowest BCUT2D eigenvalue weighted by Gasteiger charge is -2.23. The van der Waals surface area contributed by atoms with Crippen LogP contribution in [-0.2, 0) is 0 Å². The highest BCUT2D eigenvalue weighted by atomic mass is 32.1. The Morgan fingerprint density at radius 3 is 2.62 bits per heavy atom. The lowest BCUT2D eigenvalue weighted by Crippen LogP contribution is -2.36. The highest BCUT2D eigenvalue weighted by molar-refractivity contribution is 7.10. The lowest BCUT2D eigenvalue weighted by atomic mass is 10.2. The average molecular weight is 349 g/mol. The quantitative estimate of drug-likeness (QED) is 0.806. The third-order valence-corrected chi connectivity index (χ3v) is 4.58. The van der Waals surface area contributed by atoms with Gasteiger partial charge in [0.05, 0.1) is 25.9 Å². The fourth-order valence-corrected chi connectivity index (χ4v) is 3.21. The van der Waals surface area contributed by atoms with E-state index in [1.54, 1.807) is 43.8 Å². The predicted molar refractivity (Wildman–Crippen MR) is 97.3 cm³/mol. The first kappa shape index (κ1) is 18.1. The minimum Gasteiger partial charge on any atom is -0.497 e. The van der Waals surface area contributed by atoms with Crippen molar-refractivity contribution in [2.75, 3.05) is 40.2 Å². The van der Waals surface area contributed by atoms with Gasteiger partial charge >= 0.3 is 6.03 Å². The molecule has 0 bridgehead atoms. The summed E-state index contributed by atoms with van der Waals surface area (Å²) < 4.78 is 10.4. The second-order valence-corrected chi connectivity index (χ2v) is 6.38. The Labute approximate surface area is 146 Å². The maximum atomic E-state index is 12.2. The van der Waals surface area contributed by atoms with E-state index in [0.717, 1.165) is 0 Å². The molecule has 130 valence electrons. The van der Waals surface area contributed by atoms with Crippen LogP contribution in [-0.4, -0.2) is 45.8 Å². The molecule has 0 fully saturated rings. The van der Waals surface area contributed by atoms with Gasteiger partial charge in [0.1, 0.15) is 11.5 Å². The summed E-state index contributed by atoms with van der Waals surface area (Å²) in [5.74, 6) is 1.23. The van der Waals surface area contributed by atoms with Gasteiger partial charge in [-0.1, -0.05) is 6.07 Å². The number of likely N-dealkylation sites (N-methyl/N-ethyl adjacent to an activating group) is 1. The minimum atomic E-state index is -0.287. The number of hydrogen-bond acceptors (Lipinski definition) is 5. The summed E-state index contributed by atoms with van der Waals surface area (Å²) in [6, 6.07) is 9.18. The zero-order valence-electron chi connectivity index (χ0n) is 14.3. The molecule has 7 heteroatoms. The number of thiophene rings is 1. The Morgan fingerprint density at radius 1 is 1.25 bits per heavy atom. The fourth-order valence-electron chi connectivity index (χ4n) is 2.29. The molecule has 2 aromatic rings. The second kappa shape index (κ2) is 8.56. The van der Waals surface area contributed by atoms with Gasteiger partial charge in [-0.2, -0.15) is 0 Å². The zero-order valence-corrected chi connectivity index (χ0v) is 15.1. The summed E-state index contributed by atoms with van der Waals surface area (Å²) in [6.07, 6.45) is 0. The fraction of sp³-hybridized carbons (Fsp3) is 0.353. The minimum absolute atomic E-state index is 0.128. The first-order valence-electron chi connectivity index (χ1n) is 7.52. The Hall–Kier alpha value is -2.25. The van der Waals surface area contributed by atoms with Crippen molar-refractivity contribution in [1.29, 1.82) is 0 Å². The third kappa shape index (κ3) is 4.62. The lowest BCUT2D eigenvalue weighted by molar-refractivity contribution is 0.244. The number of rotatable bonds is 7. The van der Waals surface area contributed by atoms with E-state index in [0.29, 0.717) is 23.7 Å². The number of nitrogens with zero attached hydrogens (tertiary/aromatic N) is 1. The van der Waals surface area contributed by atoms with Gasteiger partial charge in [0.15, 0.2) is 0 Å². The molecule has 2 amide bonds. The normalized spacial score (nSPS) is 11.9. The number of hydrogen-bond donors (Lipinski definition) is 2. The van der Waals surface area contributed by atoms with E-state index in [9.17, 15) is 4.79 Å². The maximum Gasteiger partial charge on any atom is 0.319 e. The monoisotopic (exact) mass is 349 g/mol. The van der Waals surface area contributed by atoms with Crippen molar-refractivity contribution in [3.05, 3.63) is 40.6 Å². The van der Waals surface area contributed by atoms with E-state index in [1.807, 2.05) is 25.5 Å². The molecule has 0 aliphatic heterocycles. The summed E-state index contributed by atoms with van der Waals surface area (Å²) in [5, 5.41) is 7.75. The van der Waals surface area contributed by atoms with Crippen LogP contribution in [0.1, 0.15) is 10.9 Å². The van der Waals surface area contributed by atoms with Gasteiger partial charge in [-0.15, -0.1) is 11.3 Å². The van der Waals surface area contributed by atoms with Crippen LogP contribution in [0.2, 0.25) is 0 Å². The van der Waals surface area contributed by atoms with Crippen LogP contribution in [0.25, 0.3) is 0 Å². The first-order valence-corrected chi connectivity index (χ1v) is 8.39. The van der Waals surface area contributed by atoms with Gasteiger partial charge in [-0.25, -0.2) is 4.79 Å². The molecule has 6 nitrogen and oxygen atoms in total. The van der Waals surface area contributed by atoms with Gasteiger partial charge in [0, 0.05) is 17.5 Å². The van der Waals surface area contributed by atoms with E-state index in [1.165, 1.54) is 4.88 Å². The van der Waals surface area contributed by atoms with E-state index in [-0.39, 0.29) is 12.1 Å². The topological polar surface area (TPSA) is 62.8 Å². The molecule has 1 aromatic carbocycles. The molecule has 0 spiro atoms. The number of ether oxygens (including phenoxy) is 2. The van der Waals surface area contributed by atoms with Crippen LogP contribution < -0.4 is 20.1 Å². The summed E-state index contributed by atoms with van der Waals surface area (Å²) >= 11 is 1.68. The van der Waals surface area contributed by atoms with Crippen molar-refractivity contribution >= 4 is 23.1 Å². The first-order chi connectivity index (χ1) is 11.5. The molecule has 0 saturated carbocycles. The van der Waals surface area contributed by atoms with Crippen molar-refractivity contribution in [3.8, 4) is 11.5 Å². The molecule has 2 rings (SSSR count). The van der Waals surface area contributed by atoms with Crippen LogP contribution in [0.4, 0.5) is 10.5 Å². The molecule has 2 N–H and O–H groups in total. The van der Waals surface area contributed by atoms with E-state index in [2.05, 4.69) is 21.6 Å². The predicted octanol–water partition coefficient (Wildman–Crippen LogP) is 3.19. The van der Waals surface area contributed by atoms with Crippen LogP contribution in [0.5, 0.6) is 11.5 Å². The van der Waals surface area contributed by atoms with Crippen molar-refractivity contribution in [2.24, 2.45) is 0 Å².